The van der Waals surface area contributed by atoms with Crippen molar-refractivity contribution in [3.63, 3.8) is 0 Å². The summed E-state index contributed by atoms with van der Waals surface area (Å²) in [5, 5.41) is 4.21. The van der Waals surface area contributed by atoms with Gasteiger partial charge in [-0.2, -0.15) is 0 Å². The average molecular weight is 413 g/mol. The molecule has 0 saturated carbocycles. The fourth-order valence-corrected chi connectivity index (χ4v) is 4.18. The number of furan rings is 1. The first-order chi connectivity index (χ1) is 13.7. The first kappa shape index (κ1) is 19.4. The molecule has 29 heavy (non-hydrogen) atoms. The summed E-state index contributed by atoms with van der Waals surface area (Å²) in [5.74, 6) is -0.0944. The average Bonchev–Trinajstić information content (AvgIpc) is 3.22. The van der Waals surface area contributed by atoms with Crippen molar-refractivity contribution in [1.82, 2.24) is 9.88 Å². The second kappa shape index (κ2) is 7.18. The number of hydrogen-bond donors (Lipinski definition) is 1. The van der Waals surface area contributed by atoms with Crippen molar-refractivity contribution in [2.24, 2.45) is 0 Å². The minimum atomic E-state index is -0.532. The van der Waals surface area contributed by atoms with E-state index in [-0.39, 0.29) is 17.8 Å². The summed E-state index contributed by atoms with van der Waals surface area (Å²) < 4.78 is 11.1. The Bertz CT molecular complexity index is 1090. The van der Waals surface area contributed by atoms with Gasteiger partial charge in [0, 0.05) is 23.2 Å². The standard InChI is InChI=1S/C21H23N3O4S/c1-12-5-6-15-13(9-12)10-16(27-15)18(25)23-19-22-14-7-8-24(11-17(14)29-19)20(26)28-21(2,3)4/h5-6,9-10H,7-8,11H2,1-4H3,(H,22,23,25). The van der Waals surface area contributed by atoms with E-state index in [1.54, 1.807) is 11.0 Å². The number of fused-ring (bicyclic) bond motifs is 2. The third-order valence-electron chi connectivity index (χ3n) is 4.50. The van der Waals surface area contributed by atoms with Crippen LogP contribution in [-0.4, -0.2) is 34.0 Å². The van der Waals surface area contributed by atoms with Crippen molar-refractivity contribution >= 4 is 39.4 Å². The highest BCUT2D eigenvalue weighted by molar-refractivity contribution is 7.15. The van der Waals surface area contributed by atoms with Crippen molar-refractivity contribution in [1.29, 1.82) is 0 Å². The molecular formula is C21H23N3O4S. The second-order valence-electron chi connectivity index (χ2n) is 8.15. The van der Waals surface area contributed by atoms with Crippen molar-refractivity contribution in [3.05, 3.63) is 46.2 Å². The molecule has 1 aliphatic heterocycles. The van der Waals surface area contributed by atoms with Gasteiger partial charge in [-0.3, -0.25) is 10.1 Å². The van der Waals surface area contributed by atoms with Crippen LogP contribution in [0.2, 0.25) is 0 Å². The van der Waals surface area contributed by atoms with E-state index >= 15 is 0 Å². The van der Waals surface area contributed by atoms with Gasteiger partial charge in [-0.15, -0.1) is 0 Å². The number of carbonyl (C=O) groups is 2. The number of benzene rings is 1. The number of ether oxygens (including phenoxy) is 1. The fourth-order valence-electron chi connectivity index (χ4n) is 3.16. The van der Waals surface area contributed by atoms with Crippen LogP contribution < -0.4 is 5.32 Å². The molecule has 1 N–H and O–H groups in total. The Balaban J connectivity index is 1.46. The van der Waals surface area contributed by atoms with Crippen molar-refractivity contribution in [2.75, 3.05) is 11.9 Å². The molecule has 1 aliphatic rings. The number of hydrogen-bond acceptors (Lipinski definition) is 6. The normalized spacial score (nSPS) is 14.0. The van der Waals surface area contributed by atoms with Gasteiger partial charge in [-0.05, 0) is 45.9 Å². The zero-order chi connectivity index (χ0) is 20.8. The maximum Gasteiger partial charge on any atom is 0.410 e. The maximum absolute atomic E-state index is 12.6. The Hall–Kier alpha value is -2.87. The van der Waals surface area contributed by atoms with Gasteiger partial charge in [0.05, 0.1) is 12.2 Å². The molecule has 0 saturated heterocycles. The third-order valence-corrected chi connectivity index (χ3v) is 5.50. The van der Waals surface area contributed by atoms with Crippen LogP contribution in [0.25, 0.3) is 11.0 Å². The largest absolute Gasteiger partial charge is 0.451 e. The molecular weight excluding hydrogens is 390 g/mol. The summed E-state index contributed by atoms with van der Waals surface area (Å²) in [6.07, 6.45) is 0.296. The van der Waals surface area contributed by atoms with Gasteiger partial charge < -0.3 is 14.1 Å². The molecule has 0 aliphatic carbocycles. The zero-order valence-corrected chi connectivity index (χ0v) is 17.7. The van der Waals surface area contributed by atoms with E-state index in [1.807, 2.05) is 45.9 Å². The number of nitrogens with zero attached hydrogens (tertiary/aromatic N) is 2. The van der Waals surface area contributed by atoms with Gasteiger partial charge in [0.1, 0.15) is 11.2 Å². The third kappa shape index (κ3) is 4.27. The number of aromatic nitrogens is 1. The summed E-state index contributed by atoms with van der Waals surface area (Å²) in [5.41, 5.74) is 2.15. The Morgan fingerprint density at radius 2 is 2.07 bits per heavy atom. The number of nitrogens with one attached hydrogen (secondary N) is 1. The molecule has 0 unspecified atom stereocenters. The van der Waals surface area contributed by atoms with Gasteiger partial charge in [0.2, 0.25) is 0 Å². The van der Waals surface area contributed by atoms with Crippen LogP contribution in [0, 0.1) is 6.92 Å². The van der Waals surface area contributed by atoms with E-state index in [4.69, 9.17) is 9.15 Å². The van der Waals surface area contributed by atoms with Crippen molar-refractivity contribution in [3.8, 4) is 0 Å². The van der Waals surface area contributed by atoms with E-state index in [2.05, 4.69) is 10.3 Å². The number of aryl methyl sites for hydroxylation is 1. The molecule has 3 aromatic rings. The molecule has 1 aromatic carbocycles. The van der Waals surface area contributed by atoms with E-state index in [0.29, 0.717) is 30.2 Å². The molecule has 152 valence electrons. The minimum absolute atomic E-state index is 0.245. The number of thiazole rings is 1. The highest BCUT2D eigenvalue weighted by Gasteiger charge is 2.28. The topological polar surface area (TPSA) is 84.7 Å². The van der Waals surface area contributed by atoms with E-state index in [1.165, 1.54) is 11.3 Å². The van der Waals surface area contributed by atoms with Crippen LogP contribution in [0.3, 0.4) is 0 Å². The SMILES string of the molecule is Cc1ccc2oc(C(=O)Nc3nc4c(s3)CN(C(=O)OC(C)(C)C)CC4)cc2c1. The fraction of sp³-hybridized carbons (Fsp3) is 0.381. The van der Waals surface area contributed by atoms with Crippen LogP contribution in [0.4, 0.5) is 9.93 Å². The van der Waals surface area contributed by atoms with Crippen LogP contribution >= 0.6 is 11.3 Å². The van der Waals surface area contributed by atoms with Gasteiger partial charge in [-0.25, -0.2) is 9.78 Å². The zero-order valence-electron chi connectivity index (χ0n) is 16.9. The van der Waals surface area contributed by atoms with Crippen LogP contribution in [-0.2, 0) is 17.7 Å². The Kier molecular flexibility index (Phi) is 4.82. The molecule has 0 atom stereocenters. The molecule has 0 spiro atoms. The first-order valence-corrected chi connectivity index (χ1v) is 10.3. The molecule has 0 fully saturated rings. The summed E-state index contributed by atoms with van der Waals surface area (Å²) in [4.78, 5) is 32.0. The number of amides is 2. The predicted octanol–water partition coefficient (Wildman–Crippen LogP) is 4.74. The smallest absolute Gasteiger partial charge is 0.410 e. The van der Waals surface area contributed by atoms with Crippen LogP contribution in [0.15, 0.2) is 28.7 Å². The predicted molar refractivity (Wildman–Crippen MR) is 111 cm³/mol. The molecule has 0 radical (unpaired) electrons. The van der Waals surface area contributed by atoms with Crippen molar-refractivity contribution in [2.45, 2.75) is 46.3 Å². The van der Waals surface area contributed by atoms with E-state index in [9.17, 15) is 9.59 Å². The highest BCUT2D eigenvalue weighted by atomic mass is 32.1. The number of carbonyl (C=O) groups excluding carboxylic acids is 2. The van der Waals surface area contributed by atoms with E-state index in [0.717, 1.165) is 21.5 Å². The first-order valence-electron chi connectivity index (χ1n) is 9.46. The second-order valence-corrected chi connectivity index (χ2v) is 9.23. The van der Waals surface area contributed by atoms with E-state index < -0.39 is 5.60 Å². The quantitative estimate of drug-likeness (QED) is 0.656. The molecule has 2 aromatic heterocycles. The summed E-state index contributed by atoms with van der Waals surface area (Å²) in [6.45, 7) is 8.51. The van der Waals surface area contributed by atoms with Gasteiger partial charge in [0.15, 0.2) is 10.9 Å². The highest BCUT2D eigenvalue weighted by Crippen LogP contribution is 2.30. The lowest BCUT2D eigenvalue weighted by Crippen LogP contribution is -2.39. The number of anilines is 1. The molecule has 3 heterocycles. The minimum Gasteiger partial charge on any atom is -0.451 e. The molecule has 4 rings (SSSR count). The van der Waals surface area contributed by atoms with Crippen LogP contribution in [0.5, 0.6) is 0 Å². The lowest BCUT2D eigenvalue weighted by atomic mass is 10.2. The Morgan fingerprint density at radius 1 is 1.28 bits per heavy atom. The Labute approximate surface area is 172 Å². The van der Waals surface area contributed by atoms with Crippen molar-refractivity contribution < 1.29 is 18.7 Å². The maximum atomic E-state index is 12.6. The number of rotatable bonds is 2. The molecule has 0 bridgehead atoms. The summed E-state index contributed by atoms with van der Waals surface area (Å²) in [7, 11) is 0. The summed E-state index contributed by atoms with van der Waals surface area (Å²) in [6, 6.07) is 7.51. The van der Waals surface area contributed by atoms with Gasteiger partial charge in [0.25, 0.3) is 5.91 Å². The molecule has 7 nitrogen and oxygen atoms in total. The molecule has 8 heteroatoms. The lowest BCUT2D eigenvalue weighted by Gasteiger charge is -2.29. The Morgan fingerprint density at radius 3 is 2.83 bits per heavy atom. The summed E-state index contributed by atoms with van der Waals surface area (Å²) >= 11 is 1.37. The molecule has 2 amide bonds. The monoisotopic (exact) mass is 413 g/mol. The van der Waals surface area contributed by atoms with Gasteiger partial charge in [-0.1, -0.05) is 23.0 Å². The lowest BCUT2D eigenvalue weighted by molar-refractivity contribution is 0.0225. The van der Waals surface area contributed by atoms with Crippen LogP contribution in [0.1, 0.15) is 47.5 Å². The van der Waals surface area contributed by atoms with Gasteiger partial charge >= 0.3 is 6.09 Å².